The Labute approximate surface area is 136 Å². The van der Waals surface area contributed by atoms with Crippen LogP contribution in [0.4, 0.5) is 0 Å². The highest BCUT2D eigenvalue weighted by atomic mass is 16.5. The SMILES string of the molecule is O=C(C1COCCN1)N1Cc2ccccc2-c2ccccc2C1. The number of fused-ring (bicyclic) bond motifs is 3. The lowest BCUT2D eigenvalue weighted by atomic mass is 9.97. The van der Waals surface area contributed by atoms with Crippen LogP contribution in [0.25, 0.3) is 11.1 Å². The second-order valence-electron chi connectivity index (χ2n) is 6.09. The first kappa shape index (κ1) is 14.4. The van der Waals surface area contributed by atoms with E-state index in [1.165, 1.54) is 22.3 Å². The van der Waals surface area contributed by atoms with E-state index in [4.69, 9.17) is 4.74 Å². The average Bonchev–Trinajstić information content (AvgIpc) is 2.79. The standard InChI is InChI=1S/C19H20N2O2/c22-19(18-13-23-10-9-20-18)21-11-14-5-1-3-7-16(14)17-8-4-2-6-15(17)12-21/h1-8,18,20H,9-13H2. The molecule has 0 aromatic heterocycles. The van der Waals surface area contributed by atoms with E-state index in [1.807, 2.05) is 17.0 Å². The fourth-order valence-corrected chi connectivity index (χ4v) is 3.41. The zero-order valence-electron chi connectivity index (χ0n) is 13.0. The molecule has 1 N–H and O–H groups in total. The lowest BCUT2D eigenvalue weighted by molar-refractivity contribution is -0.137. The zero-order valence-corrected chi connectivity index (χ0v) is 13.0. The summed E-state index contributed by atoms with van der Waals surface area (Å²) in [5.74, 6) is 0.121. The van der Waals surface area contributed by atoms with E-state index in [-0.39, 0.29) is 11.9 Å². The first-order valence-corrected chi connectivity index (χ1v) is 8.09. The van der Waals surface area contributed by atoms with E-state index in [2.05, 4.69) is 41.7 Å². The molecule has 23 heavy (non-hydrogen) atoms. The van der Waals surface area contributed by atoms with Crippen LogP contribution in [0.2, 0.25) is 0 Å². The fraction of sp³-hybridized carbons (Fsp3) is 0.316. The van der Waals surface area contributed by atoms with Gasteiger partial charge in [0, 0.05) is 19.6 Å². The van der Waals surface area contributed by atoms with E-state index in [1.54, 1.807) is 0 Å². The van der Waals surface area contributed by atoms with Crippen LogP contribution in [0.5, 0.6) is 0 Å². The van der Waals surface area contributed by atoms with Gasteiger partial charge in [0.15, 0.2) is 0 Å². The maximum atomic E-state index is 12.9. The molecule has 0 radical (unpaired) electrons. The summed E-state index contributed by atoms with van der Waals surface area (Å²) in [6.07, 6.45) is 0. The fourth-order valence-electron chi connectivity index (χ4n) is 3.41. The van der Waals surface area contributed by atoms with Crippen LogP contribution in [-0.2, 0) is 22.6 Å². The van der Waals surface area contributed by atoms with Crippen LogP contribution in [0, 0.1) is 0 Å². The van der Waals surface area contributed by atoms with Crippen molar-refractivity contribution in [1.29, 1.82) is 0 Å². The minimum atomic E-state index is -0.235. The molecule has 1 fully saturated rings. The van der Waals surface area contributed by atoms with Crippen molar-refractivity contribution in [2.45, 2.75) is 19.1 Å². The van der Waals surface area contributed by atoms with Gasteiger partial charge < -0.3 is 15.0 Å². The number of nitrogens with one attached hydrogen (secondary N) is 1. The predicted molar refractivity (Wildman–Crippen MR) is 88.7 cm³/mol. The maximum Gasteiger partial charge on any atom is 0.242 e. The van der Waals surface area contributed by atoms with Crippen molar-refractivity contribution in [2.75, 3.05) is 19.8 Å². The molecule has 0 bridgehead atoms. The van der Waals surface area contributed by atoms with Gasteiger partial charge in [-0.3, -0.25) is 4.79 Å². The van der Waals surface area contributed by atoms with E-state index in [9.17, 15) is 4.79 Å². The number of carbonyl (C=O) groups is 1. The van der Waals surface area contributed by atoms with E-state index >= 15 is 0 Å². The molecule has 2 aliphatic rings. The summed E-state index contributed by atoms with van der Waals surface area (Å²) in [6.45, 7) is 3.15. The summed E-state index contributed by atoms with van der Waals surface area (Å²) >= 11 is 0. The predicted octanol–water partition coefficient (Wildman–Crippen LogP) is 2.18. The Bertz CT molecular complexity index is 675. The molecule has 118 valence electrons. The number of ether oxygens (including phenoxy) is 1. The van der Waals surface area contributed by atoms with Crippen LogP contribution in [0.15, 0.2) is 48.5 Å². The minimum absolute atomic E-state index is 0.121. The van der Waals surface area contributed by atoms with Gasteiger partial charge in [-0.2, -0.15) is 0 Å². The van der Waals surface area contributed by atoms with Crippen LogP contribution in [-0.4, -0.2) is 36.6 Å². The van der Waals surface area contributed by atoms with Gasteiger partial charge in [-0.15, -0.1) is 0 Å². The van der Waals surface area contributed by atoms with Crippen molar-refractivity contribution in [2.24, 2.45) is 0 Å². The molecular formula is C19H20N2O2. The molecule has 2 aromatic carbocycles. The number of hydrogen-bond donors (Lipinski definition) is 1. The number of hydrogen-bond acceptors (Lipinski definition) is 3. The molecule has 4 rings (SSSR count). The number of amides is 1. The number of morpholine rings is 1. The molecule has 0 saturated carbocycles. The van der Waals surface area contributed by atoms with Gasteiger partial charge in [0.25, 0.3) is 0 Å². The molecule has 0 aliphatic carbocycles. The lowest BCUT2D eigenvalue weighted by Crippen LogP contribution is -2.52. The van der Waals surface area contributed by atoms with Gasteiger partial charge in [0.2, 0.25) is 5.91 Å². The van der Waals surface area contributed by atoms with E-state index in [0.717, 1.165) is 6.54 Å². The molecular weight excluding hydrogens is 288 g/mol. The van der Waals surface area contributed by atoms with Crippen molar-refractivity contribution in [3.05, 3.63) is 59.7 Å². The molecule has 4 heteroatoms. The Morgan fingerprint density at radius 3 is 2.17 bits per heavy atom. The van der Waals surface area contributed by atoms with Crippen molar-refractivity contribution >= 4 is 5.91 Å². The summed E-state index contributed by atoms with van der Waals surface area (Å²) in [5, 5.41) is 3.27. The number of nitrogens with zero attached hydrogens (tertiary/aromatic N) is 1. The van der Waals surface area contributed by atoms with Crippen LogP contribution in [0.1, 0.15) is 11.1 Å². The van der Waals surface area contributed by atoms with Crippen molar-refractivity contribution in [1.82, 2.24) is 10.2 Å². The largest absolute Gasteiger partial charge is 0.378 e. The highest BCUT2D eigenvalue weighted by molar-refractivity contribution is 5.83. The lowest BCUT2D eigenvalue weighted by Gasteiger charge is -2.29. The van der Waals surface area contributed by atoms with Crippen LogP contribution in [0.3, 0.4) is 0 Å². The Hall–Kier alpha value is -2.17. The highest BCUT2D eigenvalue weighted by Gasteiger charge is 2.29. The summed E-state index contributed by atoms with van der Waals surface area (Å²) in [6, 6.07) is 16.5. The molecule has 2 aromatic rings. The Morgan fingerprint density at radius 1 is 1.00 bits per heavy atom. The van der Waals surface area contributed by atoms with Crippen LogP contribution < -0.4 is 5.32 Å². The second kappa shape index (κ2) is 6.14. The van der Waals surface area contributed by atoms with Crippen molar-refractivity contribution in [3.63, 3.8) is 0 Å². The monoisotopic (exact) mass is 308 g/mol. The van der Waals surface area contributed by atoms with Gasteiger partial charge >= 0.3 is 0 Å². The first-order valence-electron chi connectivity index (χ1n) is 8.09. The van der Waals surface area contributed by atoms with Crippen molar-refractivity contribution in [3.8, 4) is 11.1 Å². The third-order valence-corrected chi connectivity index (χ3v) is 4.58. The Kier molecular flexibility index (Phi) is 3.85. The topological polar surface area (TPSA) is 41.6 Å². The second-order valence-corrected chi connectivity index (χ2v) is 6.09. The Balaban J connectivity index is 1.70. The number of carbonyl (C=O) groups excluding carboxylic acids is 1. The van der Waals surface area contributed by atoms with Gasteiger partial charge in [0.1, 0.15) is 6.04 Å². The Morgan fingerprint density at radius 2 is 1.61 bits per heavy atom. The molecule has 0 spiro atoms. The normalized spacial score (nSPS) is 20.3. The van der Waals surface area contributed by atoms with Crippen LogP contribution >= 0.6 is 0 Å². The molecule has 2 aliphatic heterocycles. The van der Waals surface area contributed by atoms with Crippen molar-refractivity contribution < 1.29 is 9.53 Å². The van der Waals surface area contributed by atoms with E-state index in [0.29, 0.717) is 26.3 Å². The maximum absolute atomic E-state index is 12.9. The van der Waals surface area contributed by atoms with Gasteiger partial charge in [-0.25, -0.2) is 0 Å². The molecule has 2 heterocycles. The average molecular weight is 308 g/mol. The van der Waals surface area contributed by atoms with E-state index < -0.39 is 0 Å². The molecule has 1 unspecified atom stereocenters. The number of rotatable bonds is 1. The smallest absolute Gasteiger partial charge is 0.242 e. The number of benzene rings is 2. The quantitative estimate of drug-likeness (QED) is 0.878. The highest BCUT2D eigenvalue weighted by Crippen LogP contribution is 2.32. The third-order valence-electron chi connectivity index (χ3n) is 4.58. The summed E-state index contributed by atoms with van der Waals surface area (Å²) < 4.78 is 5.45. The molecule has 4 nitrogen and oxygen atoms in total. The summed E-state index contributed by atoms with van der Waals surface area (Å²) in [7, 11) is 0. The molecule has 1 saturated heterocycles. The molecule has 1 amide bonds. The zero-order chi connectivity index (χ0) is 15.6. The third kappa shape index (κ3) is 2.76. The van der Waals surface area contributed by atoms with Gasteiger partial charge in [-0.05, 0) is 22.3 Å². The molecule has 1 atom stereocenters. The summed E-state index contributed by atoms with van der Waals surface area (Å²) in [5.41, 5.74) is 4.85. The summed E-state index contributed by atoms with van der Waals surface area (Å²) in [4.78, 5) is 14.9. The van der Waals surface area contributed by atoms with Gasteiger partial charge in [0.05, 0.1) is 13.2 Å². The first-order chi connectivity index (χ1) is 11.3. The van der Waals surface area contributed by atoms with Gasteiger partial charge in [-0.1, -0.05) is 48.5 Å². The minimum Gasteiger partial charge on any atom is -0.378 e.